The van der Waals surface area contributed by atoms with Crippen LogP contribution in [0.15, 0.2) is 48.5 Å². The number of benzene rings is 2. The summed E-state index contributed by atoms with van der Waals surface area (Å²) in [6, 6.07) is 16.8. The van der Waals surface area contributed by atoms with Crippen molar-refractivity contribution in [1.29, 1.82) is 0 Å². The van der Waals surface area contributed by atoms with E-state index in [-0.39, 0.29) is 11.9 Å². The second kappa shape index (κ2) is 10.5. The van der Waals surface area contributed by atoms with E-state index in [1.165, 1.54) is 50.0 Å². The molecule has 4 heteroatoms. The molecule has 2 fully saturated rings. The summed E-state index contributed by atoms with van der Waals surface area (Å²) < 4.78 is 0. The Morgan fingerprint density at radius 3 is 2.25 bits per heavy atom. The van der Waals surface area contributed by atoms with Crippen LogP contribution in [0.1, 0.15) is 74.0 Å². The van der Waals surface area contributed by atoms with Gasteiger partial charge in [-0.25, -0.2) is 0 Å². The Kier molecular flexibility index (Phi) is 7.51. The van der Waals surface area contributed by atoms with E-state index in [1.807, 2.05) is 12.1 Å². The molecule has 2 aromatic carbocycles. The van der Waals surface area contributed by atoms with Crippen LogP contribution in [0.5, 0.6) is 0 Å². The van der Waals surface area contributed by atoms with Crippen LogP contribution in [0.4, 0.5) is 5.69 Å². The molecule has 0 aromatic heterocycles. The highest BCUT2D eigenvalue weighted by atomic mass is 16.1. The monoisotopic (exact) mass is 433 g/mol. The quantitative estimate of drug-likeness (QED) is 0.640. The number of rotatable bonds is 6. The van der Waals surface area contributed by atoms with Gasteiger partial charge in [-0.05, 0) is 86.4 Å². The third kappa shape index (κ3) is 5.92. The van der Waals surface area contributed by atoms with E-state index >= 15 is 0 Å². The maximum atomic E-state index is 12.8. The minimum Gasteiger partial charge on any atom is -0.371 e. The van der Waals surface area contributed by atoms with Crippen LogP contribution in [-0.4, -0.2) is 37.0 Å². The molecule has 2 heterocycles. The van der Waals surface area contributed by atoms with Gasteiger partial charge in [0.15, 0.2) is 0 Å². The van der Waals surface area contributed by atoms with Gasteiger partial charge in [-0.15, -0.1) is 0 Å². The van der Waals surface area contributed by atoms with E-state index in [0.29, 0.717) is 0 Å². The molecule has 0 saturated carbocycles. The molecule has 0 unspecified atom stereocenters. The van der Waals surface area contributed by atoms with Gasteiger partial charge in [-0.2, -0.15) is 0 Å². The average Bonchev–Trinajstić information content (AvgIpc) is 2.79. The lowest BCUT2D eigenvalue weighted by Crippen LogP contribution is -2.34. The third-order valence-corrected chi connectivity index (χ3v) is 7.13. The predicted octanol–water partition coefficient (Wildman–Crippen LogP) is 5.65. The fourth-order valence-electron chi connectivity index (χ4n) is 5.21. The highest BCUT2D eigenvalue weighted by Gasteiger charge is 2.18. The minimum atomic E-state index is -0.0219. The molecular formula is C28H39N3O. The Hall–Kier alpha value is -2.33. The number of nitrogens with one attached hydrogen (secondary N) is 1. The Morgan fingerprint density at radius 2 is 1.59 bits per heavy atom. The van der Waals surface area contributed by atoms with Crippen molar-refractivity contribution < 1.29 is 4.79 Å². The first-order valence-electron chi connectivity index (χ1n) is 12.4. The topological polar surface area (TPSA) is 35.6 Å². The summed E-state index contributed by atoms with van der Waals surface area (Å²) in [6.07, 6.45) is 5.23. The number of hydrogen-bond acceptors (Lipinski definition) is 3. The van der Waals surface area contributed by atoms with Gasteiger partial charge in [0.1, 0.15) is 0 Å². The molecule has 1 N–H and O–H groups in total. The van der Waals surface area contributed by atoms with Gasteiger partial charge in [-0.3, -0.25) is 9.69 Å². The van der Waals surface area contributed by atoms with E-state index in [1.54, 1.807) is 0 Å². The number of amides is 1. The lowest BCUT2D eigenvalue weighted by atomic mass is 9.99. The SMILES string of the molecule is C[C@@H]1CCCN(Cc2ccc(C(=O)N[C@H](C)c3ccc(N4CCC[C@H](C)C4)cc3)cc2)C1. The number of carbonyl (C=O) groups excluding carboxylic acids is 1. The number of piperidine rings is 2. The zero-order valence-corrected chi connectivity index (χ0v) is 20.0. The molecule has 4 rings (SSSR count). The maximum Gasteiger partial charge on any atom is 0.251 e. The van der Waals surface area contributed by atoms with Gasteiger partial charge in [0.2, 0.25) is 0 Å². The fourth-order valence-corrected chi connectivity index (χ4v) is 5.21. The first-order chi connectivity index (χ1) is 15.5. The van der Waals surface area contributed by atoms with Crippen molar-refractivity contribution in [2.24, 2.45) is 11.8 Å². The lowest BCUT2D eigenvalue weighted by molar-refractivity contribution is 0.0940. The van der Waals surface area contributed by atoms with Crippen LogP contribution in [0.3, 0.4) is 0 Å². The largest absolute Gasteiger partial charge is 0.371 e. The number of hydrogen-bond donors (Lipinski definition) is 1. The fraction of sp³-hybridized carbons (Fsp3) is 0.536. The molecule has 0 spiro atoms. The Morgan fingerprint density at radius 1 is 0.938 bits per heavy atom. The molecule has 2 aliphatic heterocycles. The summed E-state index contributed by atoms with van der Waals surface area (Å²) in [5.41, 5.74) is 4.44. The zero-order chi connectivity index (χ0) is 22.5. The van der Waals surface area contributed by atoms with E-state index in [0.717, 1.165) is 42.6 Å². The molecule has 3 atom stereocenters. The summed E-state index contributed by atoms with van der Waals surface area (Å²) in [5.74, 6) is 1.54. The van der Waals surface area contributed by atoms with Gasteiger partial charge in [0, 0.05) is 37.4 Å². The van der Waals surface area contributed by atoms with Crippen molar-refractivity contribution in [2.75, 3.05) is 31.1 Å². The maximum absolute atomic E-state index is 12.8. The summed E-state index contributed by atoms with van der Waals surface area (Å²) >= 11 is 0. The van der Waals surface area contributed by atoms with Gasteiger partial charge in [-0.1, -0.05) is 38.1 Å². The van der Waals surface area contributed by atoms with Crippen LogP contribution in [0.25, 0.3) is 0 Å². The van der Waals surface area contributed by atoms with Gasteiger partial charge < -0.3 is 10.2 Å². The molecule has 0 bridgehead atoms. The second-order valence-corrected chi connectivity index (χ2v) is 10.2. The van der Waals surface area contributed by atoms with E-state index in [4.69, 9.17) is 0 Å². The molecule has 32 heavy (non-hydrogen) atoms. The number of likely N-dealkylation sites (tertiary alicyclic amines) is 1. The number of nitrogens with zero attached hydrogens (tertiary/aromatic N) is 2. The molecule has 2 saturated heterocycles. The summed E-state index contributed by atoms with van der Waals surface area (Å²) in [6.45, 7) is 12.3. The molecule has 1 amide bonds. The first kappa shape index (κ1) is 22.8. The molecule has 2 aliphatic rings. The van der Waals surface area contributed by atoms with Crippen molar-refractivity contribution in [3.8, 4) is 0 Å². The van der Waals surface area contributed by atoms with Crippen LogP contribution in [0.2, 0.25) is 0 Å². The van der Waals surface area contributed by atoms with Gasteiger partial charge in [0.25, 0.3) is 5.91 Å². The summed E-state index contributed by atoms with van der Waals surface area (Å²) in [5, 5.41) is 3.16. The lowest BCUT2D eigenvalue weighted by Gasteiger charge is -2.33. The number of carbonyl (C=O) groups is 1. The molecule has 0 radical (unpaired) electrons. The average molecular weight is 434 g/mol. The van der Waals surface area contributed by atoms with Crippen LogP contribution >= 0.6 is 0 Å². The Balaban J connectivity index is 1.31. The highest BCUT2D eigenvalue weighted by Crippen LogP contribution is 2.25. The van der Waals surface area contributed by atoms with Crippen LogP contribution in [-0.2, 0) is 6.54 Å². The second-order valence-electron chi connectivity index (χ2n) is 10.2. The summed E-state index contributed by atoms with van der Waals surface area (Å²) in [7, 11) is 0. The van der Waals surface area contributed by atoms with Crippen molar-refractivity contribution >= 4 is 11.6 Å². The first-order valence-corrected chi connectivity index (χ1v) is 12.4. The molecule has 4 nitrogen and oxygen atoms in total. The predicted molar refractivity (Wildman–Crippen MR) is 133 cm³/mol. The van der Waals surface area contributed by atoms with E-state index < -0.39 is 0 Å². The minimum absolute atomic E-state index is 0.00965. The van der Waals surface area contributed by atoms with Crippen molar-refractivity contribution in [3.63, 3.8) is 0 Å². The Bertz CT molecular complexity index is 877. The third-order valence-electron chi connectivity index (χ3n) is 7.13. The van der Waals surface area contributed by atoms with Crippen LogP contribution < -0.4 is 10.2 Å². The standard InChI is InChI=1S/C28H39N3O/c1-21-6-4-16-30(18-21)20-24-8-10-26(11-9-24)28(32)29-23(3)25-12-14-27(15-13-25)31-17-5-7-22(2)19-31/h8-15,21-23H,4-7,16-20H2,1-3H3,(H,29,32)/t21-,22+,23-/m1/s1. The molecule has 0 aliphatic carbocycles. The van der Waals surface area contributed by atoms with E-state index in [2.05, 4.69) is 72.3 Å². The van der Waals surface area contributed by atoms with Gasteiger partial charge in [0.05, 0.1) is 6.04 Å². The highest BCUT2D eigenvalue weighted by molar-refractivity contribution is 5.94. The van der Waals surface area contributed by atoms with Crippen molar-refractivity contribution in [2.45, 2.75) is 59.0 Å². The normalized spacial score (nSPS) is 23.0. The van der Waals surface area contributed by atoms with Crippen molar-refractivity contribution in [1.82, 2.24) is 10.2 Å². The molecule has 2 aromatic rings. The smallest absolute Gasteiger partial charge is 0.251 e. The number of anilines is 1. The Labute approximate surface area is 194 Å². The van der Waals surface area contributed by atoms with Crippen LogP contribution in [0, 0.1) is 11.8 Å². The molecular weight excluding hydrogens is 394 g/mol. The summed E-state index contributed by atoms with van der Waals surface area (Å²) in [4.78, 5) is 17.8. The molecule has 172 valence electrons. The van der Waals surface area contributed by atoms with Gasteiger partial charge >= 0.3 is 0 Å². The van der Waals surface area contributed by atoms with Crippen molar-refractivity contribution in [3.05, 3.63) is 65.2 Å². The zero-order valence-electron chi connectivity index (χ0n) is 20.0. The van der Waals surface area contributed by atoms with E-state index in [9.17, 15) is 4.79 Å².